The van der Waals surface area contributed by atoms with Crippen LogP contribution in [0.5, 0.6) is 0 Å². The highest BCUT2D eigenvalue weighted by molar-refractivity contribution is 8.13. The molecule has 0 unspecified atom stereocenters. The van der Waals surface area contributed by atoms with Gasteiger partial charge >= 0.3 is 11.0 Å². The molecular weight excluding hydrogens is 356 g/mol. The number of nitrogens with one attached hydrogen (secondary N) is 1. The number of halogens is 6. The van der Waals surface area contributed by atoms with Crippen LogP contribution in [0.3, 0.4) is 0 Å². The lowest BCUT2D eigenvalue weighted by Crippen LogP contribution is -2.50. The van der Waals surface area contributed by atoms with E-state index in [1.54, 1.807) is 0 Å². The van der Waals surface area contributed by atoms with Gasteiger partial charge in [-0.3, -0.25) is 0 Å². The summed E-state index contributed by atoms with van der Waals surface area (Å²) in [5, 5.41) is 3.03. The van der Waals surface area contributed by atoms with Gasteiger partial charge in [0.25, 0.3) is 0 Å². The van der Waals surface area contributed by atoms with Crippen molar-refractivity contribution in [2.45, 2.75) is 17.4 Å². The molecule has 7 nitrogen and oxygen atoms in total. The second kappa shape index (κ2) is 8.11. The van der Waals surface area contributed by atoms with E-state index in [0.717, 1.165) is 17.2 Å². The molecule has 0 spiro atoms. The average Bonchev–Trinajstić information content (AvgIpc) is 2.22. The van der Waals surface area contributed by atoms with E-state index in [2.05, 4.69) is 11.1 Å². The van der Waals surface area contributed by atoms with Crippen LogP contribution in [0.2, 0.25) is 0 Å². The van der Waals surface area contributed by atoms with Crippen LogP contribution < -0.4 is 11.1 Å². The Bertz CT molecular complexity index is 452. The predicted molar refractivity (Wildman–Crippen MR) is 59.6 cm³/mol. The van der Waals surface area contributed by atoms with Gasteiger partial charge in [0, 0.05) is 13.0 Å². The van der Waals surface area contributed by atoms with Gasteiger partial charge in [-0.15, -0.1) is 0 Å². The fourth-order valence-corrected chi connectivity index (χ4v) is 2.23. The molecule has 0 aliphatic rings. The molecule has 0 rings (SSSR count). The monoisotopic (exact) mass is 369 g/mol. The summed E-state index contributed by atoms with van der Waals surface area (Å²) in [7, 11) is -11.5. The summed E-state index contributed by atoms with van der Waals surface area (Å²) in [6.45, 7) is 2.14. The highest BCUT2D eigenvalue weighted by atomic mass is 32.3. The zero-order valence-electron chi connectivity index (χ0n) is 10.5. The van der Waals surface area contributed by atoms with Crippen LogP contribution in [0.1, 0.15) is 6.42 Å². The molecule has 0 aromatic rings. The number of sulfonamides is 2. The molecule has 0 aliphatic carbocycles. The van der Waals surface area contributed by atoms with Crippen molar-refractivity contribution >= 4 is 20.0 Å². The molecular formula is C6H13F6N3O4S2. The van der Waals surface area contributed by atoms with Crippen LogP contribution in [0.25, 0.3) is 4.13 Å². The second-order valence-corrected chi connectivity index (χ2v) is 6.65. The molecule has 0 saturated heterocycles. The van der Waals surface area contributed by atoms with Crippen molar-refractivity contribution in [3.05, 3.63) is 4.13 Å². The number of quaternary nitrogens is 1. The van der Waals surface area contributed by atoms with Crippen LogP contribution in [-0.2, 0) is 20.0 Å². The molecule has 0 radical (unpaired) electrons. The molecule has 0 heterocycles. The summed E-state index contributed by atoms with van der Waals surface area (Å²) in [5.74, 6) is 0. The normalized spacial score (nSPS) is 13.5. The molecule has 0 atom stereocenters. The van der Waals surface area contributed by atoms with E-state index in [1.165, 1.54) is 6.42 Å². The summed E-state index contributed by atoms with van der Waals surface area (Å²) in [5.41, 5.74) is -8.72. The lowest BCUT2D eigenvalue weighted by Gasteiger charge is -2.22. The Labute approximate surface area is 117 Å². The smallest absolute Gasteiger partial charge is 0.421 e. The molecule has 0 aromatic carbocycles. The van der Waals surface area contributed by atoms with Crippen LogP contribution in [-0.4, -0.2) is 48.0 Å². The van der Waals surface area contributed by atoms with Crippen molar-refractivity contribution in [2.24, 2.45) is 0 Å². The summed E-state index contributed by atoms with van der Waals surface area (Å²) in [6, 6.07) is 0. The van der Waals surface area contributed by atoms with E-state index in [9.17, 15) is 43.2 Å². The number of hydrogen-bond acceptors (Lipinski definition) is 5. The topological polar surface area (TPSA) is 122 Å². The van der Waals surface area contributed by atoms with Crippen molar-refractivity contribution in [2.75, 3.05) is 20.1 Å². The average molecular weight is 369 g/mol. The third-order valence-corrected chi connectivity index (χ3v) is 4.20. The van der Waals surface area contributed by atoms with Gasteiger partial charge in [-0.25, -0.2) is 16.8 Å². The SMILES string of the molecule is CNCCC[NH3+].O=S(=O)([N-]S(=O)(=O)C(F)(F)F)C(F)(F)F. The molecule has 0 aromatic heterocycles. The Balaban J connectivity index is 0. The Kier molecular flexibility index (Phi) is 8.75. The summed E-state index contributed by atoms with van der Waals surface area (Å²) >= 11 is 0. The van der Waals surface area contributed by atoms with Crippen LogP contribution in [0.15, 0.2) is 0 Å². The summed E-state index contributed by atoms with van der Waals surface area (Å²) < 4.78 is 109. The number of alkyl halides is 6. The number of rotatable bonds is 5. The van der Waals surface area contributed by atoms with Crippen molar-refractivity contribution in [1.82, 2.24) is 5.32 Å². The fraction of sp³-hybridized carbons (Fsp3) is 1.00. The van der Waals surface area contributed by atoms with Gasteiger partial charge in [0.05, 0.1) is 6.54 Å². The largest absolute Gasteiger partial charge is 0.480 e. The third-order valence-electron chi connectivity index (χ3n) is 1.46. The fourth-order valence-electron chi connectivity index (χ4n) is 0.515. The first-order valence-electron chi connectivity index (χ1n) is 4.93. The van der Waals surface area contributed by atoms with Crippen molar-refractivity contribution in [1.29, 1.82) is 0 Å². The van der Waals surface area contributed by atoms with Crippen LogP contribution >= 0.6 is 0 Å². The standard InChI is InChI=1S/C4H12N2.C2F6NO4S2/c1-6-4-2-3-5;3-1(4,5)14(10,11)9-15(12,13)2(6,7)8/h6H,2-5H2,1H3;/q;-1/p+1. The first-order valence-corrected chi connectivity index (χ1v) is 7.81. The molecule has 0 aliphatic heterocycles. The molecule has 130 valence electrons. The van der Waals surface area contributed by atoms with Gasteiger partial charge in [0.15, 0.2) is 20.0 Å². The summed E-state index contributed by atoms with van der Waals surface area (Å²) in [4.78, 5) is 0. The maximum Gasteiger partial charge on any atom is 0.480 e. The minimum absolute atomic E-state index is 0.778. The zero-order valence-corrected chi connectivity index (χ0v) is 12.1. The lowest BCUT2D eigenvalue weighted by molar-refractivity contribution is -0.367. The minimum Gasteiger partial charge on any atom is -0.421 e. The predicted octanol–water partition coefficient (Wildman–Crippen LogP) is -0.103. The van der Waals surface area contributed by atoms with Gasteiger partial charge in [-0.2, -0.15) is 26.3 Å². The molecule has 15 heteroatoms. The van der Waals surface area contributed by atoms with Gasteiger partial charge < -0.3 is 15.2 Å². The van der Waals surface area contributed by atoms with Crippen molar-refractivity contribution in [3.8, 4) is 0 Å². The molecule has 0 amide bonds. The summed E-state index contributed by atoms with van der Waals surface area (Å²) in [6.07, 6.45) is 1.19. The third kappa shape index (κ3) is 8.40. The van der Waals surface area contributed by atoms with Gasteiger partial charge in [-0.05, 0) is 7.05 Å². The Morgan fingerprint density at radius 3 is 1.43 bits per heavy atom. The van der Waals surface area contributed by atoms with E-state index in [4.69, 9.17) is 0 Å². The van der Waals surface area contributed by atoms with Gasteiger partial charge in [0.2, 0.25) is 0 Å². The lowest BCUT2D eigenvalue weighted by atomic mass is 10.4. The molecule has 21 heavy (non-hydrogen) atoms. The van der Waals surface area contributed by atoms with Crippen LogP contribution in [0.4, 0.5) is 26.3 Å². The highest BCUT2D eigenvalue weighted by Crippen LogP contribution is 2.36. The highest BCUT2D eigenvalue weighted by Gasteiger charge is 2.46. The van der Waals surface area contributed by atoms with Gasteiger partial charge in [0.1, 0.15) is 0 Å². The first kappa shape index (κ1) is 22.6. The van der Waals surface area contributed by atoms with E-state index in [1.807, 2.05) is 7.05 Å². The molecule has 0 saturated carbocycles. The Hall–Kier alpha value is -0.640. The Morgan fingerprint density at radius 2 is 1.29 bits per heavy atom. The zero-order chi connectivity index (χ0) is 17.5. The number of nitrogens with zero attached hydrogens (tertiary/aromatic N) is 1. The van der Waals surface area contributed by atoms with Crippen LogP contribution in [0, 0.1) is 0 Å². The van der Waals surface area contributed by atoms with E-state index >= 15 is 0 Å². The molecule has 4 N–H and O–H groups in total. The molecule has 0 fully saturated rings. The molecule has 0 bridgehead atoms. The van der Waals surface area contributed by atoms with E-state index in [-0.39, 0.29) is 0 Å². The van der Waals surface area contributed by atoms with E-state index in [0.29, 0.717) is 0 Å². The van der Waals surface area contributed by atoms with E-state index < -0.39 is 31.1 Å². The maximum absolute atomic E-state index is 11.4. The van der Waals surface area contributed by atoms with Crippen molar-refractivity contribution < 1.29 is 48.9 Å². The van der Waals surface area contributed by atoms with Crippen molar-refractivity contribution in [3.63, 3.8) is 0 Å². The minimum atomic E-state index is -6.72. The number of hydrogen-bond donors (Lipinski definition) is 2. The Morgan fingerprint density at radius 1 is 0.952 bits per heavy atom. The quantitative estimate of drug-likeness (QED) is 0.518. The van der Waals surface area contributed by atoms with Gasteiger partial charge in [-0.1, -0.05) is 0 Å². The maximum atomic E-state index is 11.4. The first-order chi connectivity index (χ1) is 9.12. The second-order valence-electron chi connectivity index (χ2n) is 3.23.